The normalized spacial score (nSPS) is 10.7. The molecule has 0 bridgehead atoms. The highest BCUT2D eigenvalue weighted by atomic mass is 19.1. The van der Waals surface area contributed by atoms with E-state index < -0.39 is 0 Å². The van der Waals surface area contributed by atoms with Crippen LogP contribution in [0.5, 0.6) is 5.75 Å². The second kappa shape index (κ2) is 7.03. The van der Waals surface area contributed by atoms with Crippen LogP contribution in [-0.4, -0.2) is 43.0 Å². The molecule has 6 nitrogen and oxygen atoms in total. The molecule has 0 unspecified atom stereocenters. The van der Waals surface area contributed by atoms with Gasteiger partial charge in [0.25, 0.3) is 0 Å². The van der Waals surface area contributed by atoms with Crippen LogP contribution in [0.1, 0.15) is 0 Å². The number of nitrogens with zero attached hydrogens (tertiary/aromatic N) is 5. The molecule has 1 heterocycles. The van der Waals surface area contributed by atoms with Gasteiger partial charge in [0.2, 0.25) is 5.95 Å². The summed E-state index contributed by atoms with van der Waals surface area (Å²) in [6, 6.07) is 12.2. The third-order valence-corrected chi connectivity index (χ3v) is 4.31. The molecule has 0 N–H and O–H groups in total. The maximum absolute atomic E-state index is 13.2. The maximum Gasteiger partial charge on any atom is 0.231 e. The van der Waals surface area contributed by atoms with Crippen molar-refractivity contribution in [3.05, 3.63) is 48.3 Å². The average Bonchev–Trinajstić information content (AvgIpc) is 3.02. The Morgan fingerprint density at radius 1 is 0.962 bits per heavy atom. The Bertz CT molecular complexity index is 905. The molecule has 136 valence electrons. The number of rotatable bonds is 5. The van der Waals surface area contributed by atoms with Gasteiger partial charge in [-0.3, -0.25) is 4.57 Å². The molecule has 0 radical (unpaired) electrons. The van der Waals surface area contributed by atoms with Crippen molar-refractivity contribution in [3.63, 3.8) is 0 Å². The lowest BCUT2D eigenvalue weighted by Crippen LogP contribution is -2.14. The fourth-order valence-electron chi connectivity index (χ4n) is 2.77. The zero-order valence-corrected chi connectivity index (χ0v) is 15.6. The largest absolute Gasteiger partial charge is 0.496 e. The van der Waals surface area contributed by atoms with Gasteiger partial charge in [-0.2, -0.15) is 0 Å². The minimum atomic E-state index is -0.272. The molecular formula is C19H22FN5O. The first kappa shape index (κ1) is 17.7. The predicted molar refractivity (Wildman–Crippen MR) is 102 cm³/mol. The number of ether oxygens (including phenoxy) is 1. The highest BCUT2D eigenvalue weighted by Gasteiger charge is 2.18. The summed E-state index contributed by atoms with van der Waals surface area (Å²) in [7, 11) is 9.36. The van der Waals surface area contributed by atoms with Crippen LogP contribution in [0.3, 0.4) is 0 Å². The van der Waals surface area contributed by atoms with E-state index in [0.717, 1.165) is 22.7 Å². The van der Waals surface area contributed by atoms with Crippen LogP contribution in [0.25, 0.3) is 11.4 Å². The molecule has 3 aromatic rings. The first-order valence-electron chi connectivity index (χ1n) is 8.16. The van der Waals surface area contributed by atoms with Crippen molar-refractivity contribution in [2.24, 2.45) is 7.05 Å². The van der Waals surface area contributed by atoms with Crippen molar-refractivity contribution in [1.82, 2.24) is 14.8 Å². The Kier molecular flexibility index (Phi) is 4.79. The van der Waals surface area contributed by atoms with Crippen LogP contribution in [0.15, 0.2) is 42.5 Å². The van der Waals surface area contributed by atoms with E-state index in [1.807, 2.05) is 60.8 Å². The molecule has 0 saturated carbocycles. The SMILES string of the molecule is COc1cc(N(C)C)ccc1-c1nnc(N(C)c2ccc(F)cc2)n1C. The quantitative estimate of drug-likeness (QED) is 0.701. The van der Waals surface area contributed by atoms with E-state index in [1.54, 1.807) is 19.2 Å². The number of anilines is 3. The third kappa shape index (κ3) is 3.20. The highest BCUT2D eigenvalue weighted by molar-refractivity contribution is 5.71. The van der Waals surface area contributed by atoms with Crippen LogP contribution in [-0.2, 0) is 7.05 Å². The number of methoxy groups -OCH3 is 1. The van der Waals surface area contributed by atoms with Gasteiger partial charge in [0.1, 0.15) is 11.6 Å². The molecule has 0 aliphatic heterocycles. The van der Waals surface area contributed by atoms with Gasteiger partial charge in [-0.15, -0.1) is 10.2 Å². The summed E-state index contributed by atoms with van der Waals surface area (Å²) in [6.07, 6.45) is 0. The van der Waals surface area contributed by atoms with Crippen LogP contribution >= 0.6 is 0 Å². The number of halogens is 1. The maximum atomic E-state index is 13.2. The Labute approximate surface area is 152 Å². The van der Waals surface area contributed by atoms with Gasteiger partial charge in [-0.25, -0.2) is 4.39 Å². The number of benzene rings is 2. The van der Waals surface area contributed by atoms with E-state index in [4.69, 9.17) is 4.74 Å². The molecule has 1 aromatic heterocycles. The van der Waals surface area contributed by atoms with Crippen LogP contribution in [0, 0.1) is 5.82 Å². The van der Waals surface area contributed by atoms with Crippen molar-refractivity contribution < 1.29 is 9.13 Å². The third-order valence-electron chi connectivity index (χ3n) is 4.31. The van der Waals surface area contributed by atoms with Gasteiger partial charge in [-0.05, 0) is 36.4 Å². The first-order chi connectivity index (χ1) is 12.4. The lowest BCUT2D eigenvalue weighted by Gasteiger charge is -2.19. The van der Waals surface area contributed by atoms with Crippen LogP contribution < -0.4 is 14.5 Å². The Morgan fingerprint density at radius 3 is 2.23 bits per heavy atom. The van der Waals surface area contributed by atoms with Crippen molar-refractivity contribution >= 4 is 17.3 Å². The molecule has 0 atom stereocenters. The molecule has 0 aliphatic rings. The summed E-state index contributed by atoms with van der Waals surface area (Å²) in [5.41, 5.74) is 2.71. The summed E-state index contributed by atoms with van der Waals surface area (Å²) in [5, 5.41) is 8.64. The molecule has 0 aliphatic carbocycles. The van der Waals surface area contributed by atoms with Gasteiger partial charge in [-0.1, -0.05) is 0 Å². The van der Waals surface area contributed by atoms with E-state index in [2.05, 4.69) is 10.2 Å². The van der Waals surface area contributed by atoms with Crippen LogP contribution in [0.2, 0.25) is 0 Å². The number of aromatic nitrogens is 3. The van der Waals surface area contributed by atoms with E-state index >= 15 is 0 Å². The zero-order valence-electron chi connectivity index (χ0n) is 15.6. The molecular weight excluding hydrogens is 333 g/mol. The standard InChI is InChI=1S/C19H22FN5O/c1-23(2)15-10-11-16(17(12-15)26-5)18-21-22-19(25(18)4)24(3)14-8-6-13(20)7-9-14/h6-12H,1-5H3. The van der Waals surface area contributed by atoms with Gasteiger partial charge in [0.15, 0.2) is 5.82 Å². The molecule has 3 rings (SSSR count). The van der Waals surface area contributed by atoms with Gasteiger partial charge in [0, 0.05) is 45.6 Å². The summed E-state index contributed by atoms with van der Waals surface area (Å²) in [6.45, 7) is 0. The van der Waals surface area contributed by atoms with E-state index in [0.29, 0.717) is 11.8 Å². The molecule has 0 spiro atoms. The second-order valence-corrected chi connectivity index (χ2v) is 6.20. The van der Waals surface area contributed by atoms with E-state index in [9.17, 15) is 4.39 Å². The Balaban J connectivity index is 2.00. The molecule has 0 saturated heterocycles. The molecule has 7 heteroatoms. The lowest BCUT2D eigenvalue weighted by molar-refractivity contribution is 0.416. The number of hydrogen-bond donors (Lipinski definition) is 0. The smallest absolute Gasteiger partial charge is 0.231 e. The van der Waals surface area contributed by atoms with Crippen molar-refractivity contribution in [2.45, 2.75) is 0 Å². The average molecular weight is 355 g/mol. The highest BCUT2D eigenvalue weighted by Crippen LogP contribution is 2.34. The molecule has 0 amide bonds. The minimum Gasteiger partial charge on any atom is -0.496 e. The molecule has 2 aromatic carbocycles. The summed E-state index contributed by atoms with van der Waals surface area (Å²) in [4.78, 5) is 3.87. The van der Waals surface area contributed by atoms with Gasteiger partial charge >= 0.3 is 0 Å². The second-order valence-electron chi connectivity index (χ2n) is 6.20. The monoisotopic (exact) mass is 355 g/mol. The fraction of sp³-hybridized carbons (Fsp3) is 0.263. The van der Waals surface area contributed by atoms with Crippen molar-refractivity contribution in [3.8, 4) is 17.1 Å². The van der Waals surface area contributed by atoms with Gasteiger partial charge < -0.3 is 14.5 Å². The zero-order chi connectivity index (χ0) is 18.8. The molecule has 0 fully saturated rings. The van der Waals surface area contributed by atoms with Crippen molar-refractivity contribution in [2.75, 3.05) is 38.1 Å². The Morgan fingerprint density at radius 2 is 1.62 bits per heavy atom. The molecule has 26 heavy (non-hydrogen) atoms. The minimum absolute atomic E-state index is 0.272. The Hall–Kier alpha value is -3.09. The van der Waals surface area contributed by atoms with Gasteiger partial charge in [0.05, 0.1) is 12.7 Å². The first-order valence-corrected chi connectivity index (χ1v) is 8.16. The predicted octanol–water partition coefficient (Wildman–Crippen LogP) is 3.46. The topological polar surface area (TPSA) is 46.4 Å². The lowest BCUT2D eigenvalue weighted by atomic mass is 10.1. The summed E-state index contributed by atoms with van der Waals surface area (Å²) >= 11 is 0. The summed E-state index contributed by atoms with van der Waals surface area (Å²) in [5.74, 6) is 1.79. The van der Waals surface area contributed by atoms with Crippen LogP contribution in [0.4, 0.5) is 21.7 Å². The van der Waals surface area contributed by atoms with E-state index in [1.165, 1.54) is 12.1 Å². The summed E-state index contributed by atoms with van der Waals surface area (Å²) < 4.78 is 20.6. The number of hydrogen-bond acceptors (Lipinski definition) is 5. The van der Waals surface area contributed by atoms with E-state index in [-0.39, 0.29) is 5.82 Å². The van der Waals surface area contributed by atoms with Crippen molar-refractivity contribution in [1.29, 1.82) is 0 Å². The fourth-order valence-corrected chi connectivity index (χ4v) is 2.77.